The van der Waals surface area contributed by atoms with E-state index in [1.807, 2.05) is 30.3 Å². The number of fused-ring (bicyclic) bond motifs is 1. The predicted octanol–water partition coefficient (Wildman–Crippen LogP) is 4.62. The van der Waals surface area contributed by atoms with Gasteiger partial charge in [-0.1, -0.05) is 42.5 Å². The van der Waals surface area contributed by atoms with E-state index >= 15 is 0 Å². The number of hydrogen-bond acceptors (Lipinski definition) is 3. The molecule has 0 aliphatic heterocycles. The molecule has 1 heterocycles. The van der Waals surface area contributed by atoms with Crippen LogP contribution in [0.2, 0.25) is 0 Å². The van der Waals surface area contributed by atoms with Gasteiger partial charge in [-0.05, 0) is 24.1 Å². The smallest absolute Gasteiger partial charge is 0.366 e. The fourth-order valence-corrected chi connectivity index (χ4v) is 2.91. The Labute approximate surface area is 136 Å². The first-order valence-electron chi connectivity index (χ1n) is 7.68. The highest BCUT2D eigenvalue weighted by atomic mass is 19.4. The molecule has 0 amide bonds. The van der Waals surface area contributed by atoms with Gasteiger partial charge in [-0.25, -0.2) is 9.97 Å². The summed E-state index contributed by atoms with van der Waals surface area (Å²) in [5.41, 5.74) is 1.48. The minimum Gasteiger partial charge on any atom is -0.366 e. The molecule has 3 nitrogen and oxygen atoms in total. The Kier molecular flexibility index (Phi) is 3.40. The Balaban J connectivity index is 1.67. The zero-order valence-electron chi connectivity index (χ0n) is 12.6. The monoisotopic (exact) mass is 329 g/mol. The molecular formula is C18H14F3N3. The lowest BCUT2D eigenvalue weighted by atomic mass is 10.1. The molecule has 3 aromatic rings. The van der Waals surface area contributed by atoms with Crippen LogP contribution in [0.1, 0.15) is 23.7 Å². The Morgan fingerprint density at radius 2 is 1.62 bits per heavy atom. The van der Waals surface area contributed by atoms with Gasteiger partial charge in [-0.3, -0.25) is 0 Å². The van der Waals surface area contributed by atoms with Crippen molar-refractivity contribution in [1.82, 2.24) is 9.97 Å². The molecule has 0 unspecified atom stereocenters. The van der Waals surface area contributed by atoms with Crippen molar-refractivity contribution in [3.63, 3.8) is 0 Å². The molecule has 1 aromatic heterocycles. The van der Waals surface area contributed by atoms with Gasteiger partial charge < -0.3 is 5.32 Å². The maximum Gasteiger partial charge on any atom is 0.451 e. The van der Waals surface area contributed by atoms with Crippen LogP contribution in [0.5, 0.6) is 0 Å². The van der Waals surface area contributed by atoms with Crippen molar-refractivity contribution in [2.45, 2.75) is 24.6 Å². The van der Waals surface area contributed by atoms with Crippen LogP contribution >= 0.6 is 0 Å². The normalized spacial score (nSPS) is 20.1. The van der Waals surface area contributed by atoms with Crippen LogP contribution in [0.4, 0.5) is 19.0 Å². The van der Waals surface area contributed by atoms with E-state index in [-0.39, 0.29) is 11.9 Å². The van der Waals surface area contributed by atoms with E-state index < -0.39 is 12.0 Å². The molecule has 0 spiro atoms. The number of nitrogens with one attached hydrogen (secondary N) is 1. The third kappa shape index (κ3) is 2.79. The van der Waals surface area contributed by atoms with Crippen LogP contribution in [0.15, 0.2) is 54.6 Å². The summed E-state index contributed by atoms with van der Waals surface area (Å²) in [7, 11) is 0. The second-order valence-corrected chi connectivity index (χ2v) is 5.91. The molecule has 1 aliphatic carbocycles. The molecule has 1 saturated carbocycles. The van der Waals surface area contributed by atoms with Gasteiger partial charge in [0, 0.05) is 17.3 Å². The topological polar surface area (TPSA) is 37.8 Å². The number of nitrogens with zero attached hydrogens (tertiary/aromatic N) is 2. The van der Waals surface area contributed by atoms with Crippen LogP contribution in [0, 0.1) is 0 Å². The lowest BCUT2D eigenvalue weighted by molar-refractivity contribution is -0.144. The summed E-state index contributed by atoms with van der Waals surface area (Å²) >= 11 is 0. The van der Waals surface area contributed by atoms with Gasteiger partial charge in [0.05, 0.1) is 5.52 Å². The summed E-state index contributed by atoms with van der Waals surface area (Å²) in [6.07, 6.45) is -3.69. The highest BCUT2D eigenvalue weighted by molar-refractivity contribution is 5.89. The van der Waals surface area contributed by atoms with E-state index in [9.17, 15) is 13.2 Å². The molecule has 1 N–H and O–H groups in total. The van der Waals surface area contributed by atoms with E-state index in [0.29, 0.717) is 16.8 Å². The van der Waals surface area contributed by atoms with E-state index in [4.69, 9.17) is 0 Å². The molecule has 0 saturated heterocycles. The first kappa shape index (κ1) is 14.9. The van der Waals surface area contributed by atoms with Gasteiger partial charge in [-0.2, -0.15) is 13.2 Å². The number of alkyl halides is 3. The molecule has 0 radical (unpaired) electrons. The second kappa shape index (κ2) is 5.47. The molecule has 2 atom stereocenters. The second-order valence-electron chi connectivity index (χ2n) is 5.91. The first-order chi connectivity index (χ1) is 11.5. The standard InChI is InChI=1S/C18H14F3N3/c19-18(20,21)17-23-14-9-5-4-8-12(14)16(24-17)22-15-10-13(15)11-6-2-1-3-7-11/h1-9,13,15H,10H2,(H,22,23,24)/t13-,15-/m1/s1. The molecule has 4 rings (SSSR count). The molecule has 2 aromatic carbocycles. The maximum atomic E-state index is 13.0. The molecule has 6 heteroatoms. The van der Waals surface area contributed by atoms with Crippen molar-refractivity contribution in [3.8, 4) is 0 Å². The van der Waals surface area contributed by atoms with Crippen LogP contribution in [-0.2, 0) is 6.18 Å². The average Bonchev–Trinajstić information content (AvgIpc) is 3.34. The van der Waals surface area contributed by atoms with Crippen LogP contribution in [0.25, 0.3) is 10.9 Å². The Morgan fingerprint density at radius 1 is 0.917 bits per heavy atom. The fraction of sp³-hybridized carbons (Fsp3) is 0.222. The summed E-state index contributed by atoms with van der Waals surface area (Å²) in [4.78, 5) is 7.37. The largest absolute Gasteiger partial charge is 0.451 e. The van der Waals surface area contributed by atoms with Gasteiger partial charge in [-0.15, -0.1) is 0 Å². The van der Waals surface area contributed by atoms with E-state index in [1.165, 1.54) is 5.56 Å². The molecular weight excluding hydrogens is 315 g/mol. The van der Waals surface area contributed by atoms with Crippen molar-refractivity contribution in [2.24, 2.45) is 0 Å². The van der Waals surface area contributed by atoms with Crippen LogP contribution in [0.3, 0.4) is 0 Å². The zero-order valence-corrected chi connectivity index (χ0v) is 12.6. The predicted molar refractivity (Wildman–Crippen MR) is 85.8 cm³/mol. The summed E-state index contributed by atoms with van der Waals surface area (Å²) in [5, 5.41) is 3.77. The third-order valence-electron chi connectivity index (χ3n) is 4.20. The maximum absolute atomic E-state index is 13.0. The Bertz CT molecular complexity index is 878. The first-order valence-corrected chi connectivity index (χ1v) is 7.68. The van der Waals surface area contributed by atoms with Gasteiger partial charge in [0.2, 0.25) is 5.82 Å². The minimum absolute atomic E-state index is 0.0896. The fourth-order valence-electron chi connectivity index (χ4n) is 2.91. The van der Waals surface area contributed by atoms with Gasteiger partial charge >= 0.3 is 6.18 Å². The SMILES string of the molecule is FC(F)(F)c1nc(N[C@@H]2C[C@@H]2c2ccccc2)c2ccccc2n1. The number of para-hydroxylation sites is 1. The number of hydrogen-bond donors (Lipinski definition) is 1. The molecule has 1 aliphatic rings. The highest BCUT2D eigenvalue weighted by Crippen LogP contribution is 2.43. The zero-order chi connectivity index (χ0) is 16.7. The van der Waals surface area contributed by atoms with Crippen molar-refractivity contribution in [2.75, 3.05) is 5.32 Å². The molecule has 0 bridgehead atoms. The number of anilines is 1. The van der Waals surface area contributed by atoms with E-state index in [2.05, 4.69) is 15.3 Å². The van der Waals surface area contributed by atoms with Crippen molar-refractivity contribution < 1.29 is 13.2 Å². The lowest BCUT2D eigenvalue weighted by Gasteiger charge is -2.12. The number of benzene rings is 2. The lowest BCUT2D eigenvalue weighted by Crippen LogP contribution is -2.15. The molecule has 1 fully saturated rings. The number of aromatic nitrogens is 2. The number of rotatable bonds is 3. The van der Waals surface area contributed by atoms with Crippen molar-refractivity contribution in [3.05, 3.63) is 66.0 Å². The van der Waals surface area contributed by atoms with Crippen molar-refractivity contribution in [1.29, 1.82) is 0 Å². The van der Waals surface area contributed by atoms with Crippen LogP contribution in [-0.4, -0.2) is 16.0 Å². The van der Waals surface area contributed by atoms with Gasteiger partial charge in [0.25, 0.3) is 0 Å². The summed E-state index contributed by atoms with van der Waals surface area (Å²) in [6, 6.07) is 16.8. The van der Waals surface area contributed by atoms with Crippen LogP contribution < -0.4 is 5.32 Å². The average molecular weight is 329 g/mol. The summed E-state index contributed by atoms with van der Waals surface area (Å²) < 4.78 is 39.1. The molecule has 24 heavy (non-hydrogen) atoms. The third-order valence-corrected chi connectivity index (χ3v) is 4.20. The summed E-state index contributed by atoms with van der Waals surface area (Å²) in [6.45, 7) is 0. The van der Waals surface area contributed by atoms with Gasteiger partial charge in [0.1, 0.15) is 5.82 Å². The Hall–Kier alpha value is -2.63. The quantitative estimate of drug-likeness (QED) is 0.762. The van der Waals surface area contributed by atoms with E-state index in [0.717, 1.165) is 6.42 Å². The minimum atomic E-state index is -4.57. The summed E-state index contributed by atoms with van der Waals surface area (Å²) in [5.74, 6) is -0.564. The van der Waals surface area contributed by atoms with Gasteiger partial charge in [0.15, 0.2) is 0 Å². The Morgan fingerprint density at radius 3 is 2.38 bits per heavy atom. The highest BCUT2D eigenvalue weighted by Gasteiger charge is 2.40. The number of halogens is 3. The molecule has 122 valence electrons. The van der Waals surface area contributed by atoms with Crippen molar-refractivity contribution >= 4 is 16.7 Å². The van der Waals surface area contributed by atoms with E-state index in [1.54, 1.807) is 24.3 Å².